The molecule has 0 fully saturated rings. The van der Waals surface area contributed by atoms with E-state index >= 15 is 0 Å². The SMILES string of the molecule is CC1=CCC=CC(C)=C1c1cccc(N)c1. The molecule has 2 N–H and O–H groups in total. The van der Waals surface area contributed by atoms with Crippen LogP contribution in [0.2, 0.25) is 0 Å². The molecular weight excluding hydrogens is 194 g/mol. The Morgan fingerprint density at radius 2 is 2.00 bits per heavy atom. The molecule has 0 aromatic heterocycles. The lowest BCUT2D eigenvalue weighted by Crippen LogP contribution is -1.92. The summed E-state index contributed by atoms with van der Waals surface area (Å²) >= 11 is 0. The molecule has 82 valence electrons. The van der Waals surface area contributed by atoms with Crippen LogP contribution in [0.4, 0.5) is 5.69 Å². The number of benzene rings is 1. The van der Waals surface area contributed by atoms with Crippen molar-refractivity contribution in [2.45, 2.75) is 20.3 Å². The molecular formula is C15H17N. The Hall–Kier alpha value is -1.76. The highest BCUT2D eigenvalue weighted by molar-refractivity contribution is 5.83. The monoisotopic (exact) mass is 211 g/mol. The Balaban J connectivity index is 2.57. The van der Waals surface area contributed by atoms with Gasteiger partial charge in [0, 0.05) is 5.69 Å². The van der Waals surface area contributed by atoms with Crippen LogP contribution in [0.25, 0.3) is 5.57 Å². The van der Waals surface area contributed by atoms with Crippen LogP contribution in [0, 0.1) is 0 Å². The third-order valence-electron chi connectivity index (χ3n) is 2.89. The Labute approximate surface area is 97.0 Å². The standard InChI is InChI=1S/C15H17N/c1-11-6-3-4-7-12(2)15(11)13-8-5-9-14(16)10-13/h3,5-10H,4,16H2,1-2H3. The highest BCUT2D eigenvalue weighted by Crippen LogP contribution is 2.30. The van der Waals surface area contributed by atoms with Crippen LogP contribution in [0.3, 0.4) is 0 Å². The number of nitrogens with two attached hydrogens (primary N) is 1. The smallest absolute Gasteiger partial charge is 0.0320 e. The minimum atomic E-state index is 0.818. The lowest BCUT2D eigenvalue weighted by Gasteiger charge is -2.11. The van der Waals surface area contributed by atoms with Gasteiger partial charge >= 0.3 is 0 Å². The van der Waals surface area contributed by atoms with Crippen LogP contribution in [0.1, 0.15) is 25.8 Å². The van der Waals surface area contributed by atoms with Crippen molar-refractivity contribution < 1.29 is 0 Å². The molecule has 1 nitrogen and oxygen atoms in total. The van der Waals surface area contributed by atoms with Crippen molar-refractivity contribution in [2.75, 3.05) is 5.73 Å². The third-order valence-corrected chi connectivity index (χ3v) is 2.89. The van der Waals surface area contributed by atoms with E-state index < -0.39 is 0 Å². The molecule has 0 atom stereocenters. The quantitative estimate of drug-likeness (QED) is 0.699. The molecule has 0 radical (unpaired) electrons. The Kier molecular flexibility index (Phi) is 2.95. The van der Waals surface area contributed by atoms with Gasteiger partial charge in [-0.3, -0.25) is 0 Å². The van der Waals surface area contributed by atoms with E-state index in [1.165, 1.54) is 22.3 Å². The summed E-state index contributed by atoms with van der Waals surface area (Å²) in [6.07, 6.45) is 7.64. The van der Waals surface area contributed by atoms with Gasteiger partial charge in [-0.25, -0.2) is 0 Å². The molecule has 0 heterocycles. The Morgan fingerprint density at radius 1 is 1.19 bits per heavy atom. The summed E-state index contributed by atoms with van der Waals surface area (Å²) in [4.78, 5) is 0. The summed E-state index contributed by atoms with van der Waals surface area (Å²) in [6.45, 7) is 4.31. The van der Waals surface area contributed by atoms with E-state index in [0.29, 0.717) is 0 Å². The van der Waals surface area contributed by atoms with Crippen molar-refractivity contribution in [2.24, 2.45) is 0 Å². The van der Waals surface area contributed by atoms with Gasteiger partial charge in [0.15, 0.2) is 0 Å². The number of nitrogen functional groups attached to an aromatic ring is 1. The van der Waals surface area contributed by atoms with Gasteiger partial charge in [-0.05, 0) is 54.7 Å². The minimum absolute atomic E-state index is 0.818. The second-order valence-corrected chi connectivity index (χ2v) is 4.21. The van der Waals surface area contributed by atoms with Gasteiger partial charge in [0.05, 0.1) is 0 Å². The van der Waals surface area contributed by atoms with Gasteiger partial charge in [-0.1, -0.05) is 30.4 Å². The summed E-state index contributed by atoms with van der Waals surface area (Å²) in [6, 6.07) is 8.08. The maximum absolute atomic E-state index is 5.84. The molecule has 16 heavy (non-hydrogen) atoms. The molecule has 2 rings (SSSR count). The largest absolute Gasteiger partial charge is 0.399 e. The molecule has 0 saturated heterocycles. The van der Waals surface area contributed by atoms with E-state index in [0.717, 1.165) is 12.1 Å². The van der Waals surface area contributed by atoms with E-state index in [1.807, 2.05) is 18.2 Å². The summed E-state index contributed by atoms with van der Waals surface area (Å²) < 4.78 is 0. The van der Waals surface area contributed by atoms with Crippen LogP contribution in [-0.4, -0.2) is 0 Å². The van der Waals surface area contributed by atoms with Gasteiger partial charge in [-0.15, -0.1) is 0 Å². The number of rotatable bonds is 1. The first-order valence-electron chi connectivity index (χ1n) is 5.59. The van der Waals surface area contributed by atoms with Crippen LogP contribution in [0.5, 0.6) is 0 Å². The predicted molar refractivity (Wildman–Crippen MR) is 71.0 cm³/mol. The zero-order valence-electron chi connectivity index (χ0n) is 9.83. The minimum Gasteiger partial charge on any atom is -0.399 e. The van der Waals surface area contributed by atoms with Crippen LogP contribution >= 0.6 is 0 Å². The number of hydrogen-bond acceptors (Lipinski definition) is 1. The molecule has 0 bridgehead atoms. The number of allylic oxidation sites excluding steroid dienone is 6. The van der Waals surface area contributed by atoms with Gasteiger partial charge < -0.3 is 5.73 Å². The van der Waals surface area contributed by atoms with Gasteiger partial charge in [-0.2, -0.15) is 0 Å². The van der Waals surface area contributed by atoms with Crippen LogP contribution in [0.15, 0.2) is 53.6 Å². The fraction of sp³-hybridized carbons (Fsp3) is 0.200. The highest BCUT2D eigenvalue weighted by atomic mass is 14.5. The van der Waals surface area contributed by atoms with E-state index in [-0.39, 0.29) is 0 Å². The van der Waals surface area contributed by atoms with Crippen LogP contribution < -0.4 is 5.73 Å². The van der Waals surface area contributed by atoms with Gasteiger partial charge in [0.1, 0.15) is 0 Å². The van der Waals surface area contributed by atoms with E-state index in [9.17, 15) is 0 Å². The van der Waals surface area contributed by atoms with Crippen molar-refractivity contribution in [3.8, 4) is 0 Å². The summed E-state index contributed by atoms with van der Waals surface area (Å²) in [5, 5.41) is 0. The maximum Gasteiger partial charge on any atom is 0.0320 e. The Bertz CT molecular complexity index is 490. The first-order chi connectivity index (χ1) is 7.68. The molecule has 1 aliphatic carbocycles. The third kappa shape index (κ3) is 2.08. The number of anilines is 1. The molecule has 0 unspecified atom stereocenters. The predicted octanol–water partition coefficient (Wildman–Crippen LogP) is 3.95. The van der Waals surface area contributed by atoms with Crippen molar-refractivity contribution in [3.63, 3.8) is 0 Å². The van der Waals surface area contributed by atoms with E-state index in [2.05, 4.69) is 38.1 Å². The average Bonchev–Trinajstić information content (AvgIpc) is 2.40. The highest BCUT2D eigenvalue weighted by Gasteiger charge is 2.08. The van der Waals surface area contributed by atoms with E-state index in [1.54, 1.807) is 0 Å². The molecule has 0 spiro atoms. The molecule has 1 aliphatic rings. The van der Waals surface area contributed by atoms with Crippen molar-refractivity contribution in [1.29, 1.82) is 0 Å². The fourth-order valence-corrected chi connectivity index (χ4v) is 2.14. The van der Waals surface area contributed by atoms with Gasteiger partial charge in [0.25, 0.3) is 0 Å². The number of hydrogen-bond donors (Lipinski definition) is 1. The van der Waals surface area contributed by atoms with Crippen molar-refractivity contribution >= 4 is 11.3 Å². The molecule has 0 amide bonds. The van der Waals surface area contributed by atoms with Crippen molar-refractivity contribution in [1.82, 2.24) is 0 Å². The topological polar surface area (TPSA) is 26.0 Å². The second-order valence-electron chi connectivity index (χ2n) is 4.21. The molecule has 0 aliphatic heterocycles. The molecule has 1 aromatic carbocycles. The second kappa shape index (κ2) is 4.40. The normalized spacial score (nSPS) is 16.0. The first kappa shape index (κ1) is 10.7. The maximum atomic E-state index is 5.84. The Morgan fingerprint density at radius 3 is 2.75 bits per heavy atom. The zero-order valence-corrected chi connectivity index (χ0v) is 9.83. The van der Waals surface area contributed by atoms with E-state index in [4.69, 9.17) is 5.73 Å². The van der Waals surface area contributed by atoms with Crippen molar-refractivity contribution in [3.05, 3.63) is 59.2 Å². The fourth-order valence-electron chi connectivity index (χ4n) is 2.14. The lowest BCUT2D eigenvalue weighted by molar-refractivity contribution is 1.35. The van der Waals surface area contributed by atoms with Gasteiger partial charge in [0.2, 0.25) is 0 Å². The molecule has 1 aromatic rings. The summed E-state index contributed by atoms with van der Waals surface area (Å²) in [7, 11) is 0. The summed E-state index contributed by atoms with van der Waals surface area (Å²) in [5.74, 6) is 0. The lowest BCUT2D eigenvalue weighted by atomic mass is 9.94. The zero-order chi connectivity index (χ0) is 11.5. The molecule has 0 saturated carbocycles. The first-order valence-corrected chi connectivity index (χ1v) is 5.59. The molecule has 1 heteroatoms. The van der Waals surface area contributed by atoms with Crippen LogP contribution in [-0.2, 0) is 0 Å². The summed E-state index contributed by atoms with van der Waals surface area (Å²) in [5.41, 5.74) is 11.8. The average molecular weight is 211 g/mol.